The molecule has 0 unspecified atom stereocenters. The van der Waals surface area contributed by atoms with Crippen LogP contribution in [-0.4, -0.2) is 38.4 Å². The van der Waals surface area contributed by atoms with Crippen LogP contribution in [0.3, 0.4) is 0 Å². The molecule has 0 saturated carbocycles. The van der Waals surface area contributed by atoms with E-state index in [1.165, 1.54) is 18.1 Å². The Kier molecular flexibility index (Phi) is 6.30. The number of nitrogens with one attached hydrogen (secondary N) is 1. The van der Waals surface area contributed by atoms with E-state index >= 15 is 0 Å². The first-order valence-corrected chi connectivity index (χ1v) is 10.4. The minimum Gasteiger partial charge on any atom is -0.484 e. The summed E-state index contributed by atoms with van der Waals surface area (Å²) in [5.41, 5.74) is 3.63. The Hall–Kier alpha value is -3.94. The first-order chi connectivity index (χ1) is 15.5. The molecular formula is C24H25N5O3. The van der Waals surface area contributed by atoms with Crippen LogP contribution >= 0.6 is 0 Å². The van der Waals surface area contributed by atoms with Gasteiger partial charge in [-0.25, -0.2) is 9.67 Å². The van der Waals surface area contributed by atoms with Gasteiger partial charge in [0, 0.05) is 6.54 Å². The van der Waals surface area contributed by atoms with E-state index in [9.17, 15) is 9.59 Å². The average Bonchev–Trinajstić information content (AvgIpc) is 3.19. The number of aryl methyl sites for hydroxylation is 2. The number of rotatable bonds is 8. The molecule has 0 radical (unpaired) electrons. The molecule has 0 aliphatic heterocycles. The molecular weight excluding hydrogens is 406 g/mol. The van der Waals surface area contributed by atoms with E-state index in [4.69, 9.17) is 4.74 Å². The number of fused-ring (bicyclic) bond motifs is 1. The van der Waals surface area contributed by atoms with Crippen molar-refractivity contribution in [2.24, 2.45) is 0 Å². The number of hydrogen-bond acceptors (Lipinski definition) is 5. The van der Waals surface area contributed by atoms with Crippen molar-refractivity contribution >= 4 is 16.9 Å². The molecule has 1 amide bonds. The number of benzene rings is 2. The molecule has 0 aliphatic carbocycles. The minimum atomic E-state index is -0.226. The van der Waals surface area contributed by atoms with Crippen LogP contribution in [0.25, 0.3) is 11.0 Å². The second-order valence-electron chi connectivity index (χ2n) is 7.72. The number of aromatic nitrogens is 4. The van der Waals surface area contributed by atoms with Gasteiger partial charge in [-0.2, -0.15) is 5.10 Å². The third kappa shape index (κ3) is 5.03. The Labute approximate surface area is 185 Å². The highest BCUT2D eigenvalue weighted by Gasteiger charge is 2.11. The molecule has 32 heavy (non-hydrogen) atoms. The zero-order valence-electron chi connectivity index (χ0n) is 18.1. The molecule has 0 bridgehead atoms. The quantitative estimate of drug-likeness (QED) is 0.463. The highest BCUT2D eigenvalue weighted by atomic mass is 16.5. The van der Waals surface area contributed by atoms with E-state index < -0.39 is 0 Å². The topological polar surface area (TPSA) is 91.0 Å². The predicted octanol–water partition coefficient (Wildman–Crippen LogP) is 2.45. The number of carbonyl (C=O) groups excluding carboxylic acids is 1. The molecule has 164 valence electrons. The van der Waals surface area contributed by atoms with Gasteiger partial charge in [-0.1, -0.05) is 42.0 Å². The van der Waals surface area contributed by atoms with Crippen LogP contribution in [0.5, 0.6) is 5.75 Å². The SMILES string of the molecule is Cc1ccc(Cn2cnc3c(cnn3CCNC(=O)COc3cccc(C)c3)c2=O)cc1. The van der Waals surface area contributed by atoms with Gasteiger partial charge in [-0.3, -0.25) is 14.2 Å². The van der Waals surface area contributed by atoms with Crippen molar-refractivity contribution < 1.29 is 9.53 Å². The smallest absolute Gasteiger partial charge is 0.264 e. The molecule has 2 aromatic carbocycles. The monoisotopic (exact) mass is 431 g/mol. The lowest BCUT2D eigenvalue weighted by Gasteiger charge is -2.09. The van der Waals surface area contributed by atoms with Crippen LogP contribution in [0.4, 0.5) is 0 Å². The summed E-state index contributed by atoms with van der Waals surface area (Å²) in [5.74, 6) is 0.431. The number of ether oxygens (including phenoxy) is 1. The van der Waals surface area contributed by atoms with Crippen molar-refractivity contribution in [1.82, 2.24) is 24.6 Å². The molecule has 2 aromatic heterocycles. The lowest BCUT2D eigenvalue weighted by atomic mass is 10.1. The number of carbonyl (C=O) groups is 1. The summed E-state index contributed by atoms with van der Waals surface area (Å²) >= 11 is 0. The summed E-state index contributed by atoms with van der Waals surface area (Å²) in [5, 5.41) is 7.52. The second kappa shape index (κ2) is 9.47. The predicted molar refractivity (Wildman–Crippen MR) is 122 cm³/mol. The van der Waals surface area contributed by atoms with Crippen LogP contribution in [0.2, 0.25) is 0 Å². The van der Waals surface area contributed by atoms with E-state index in [1.807, 2.05) is 62.4 Å². The standard InChI is InChI=1S/C24H25N5O3/c1-17-6-8-19(9-7-17)14-28-16-26-23-21(24(28)31)13-27-29(23)11-10-25-22(30)15-32-20-5-3-4-18(2)12-20/h3-9,12-13,16H,10-11,14-15H2,1-2H3,(H,25,30). The maximum absolute atomic E-state index is 12.8. The van der Waals surface area contributed by atoms with Crippen LogP contribution in [0, 0.1) is 13.8 Å². The summed E-state index contributed by atoms with van der Waals surface area (Å²) in [6.07, 6.45) is 3.07. The van der Waals surface area contributed by atoms with Gasteiger partial charge in [0.2, 0.25) is 0 Å². The van der Waals surface area contributed by atoms with Crippen LogP contribution in [0.15, 0.2) is 65.8 Å². The van der Waals surface area contributed by atoms with Crippen LogP contribution in [0.1, 0.15) is 16.7 Å². The van der Waals surface area contributed by atoms with Crippen molar-refractivity contribution in [3.05, 3.63) is 88.1 Å². The summed E-state index contributed by atoms with van der Waals surface area (Å²) in [4.78, 5) is 29.3. The maximum atomic E-state index is 12.8. The average molecular weight is 431 g/mol. The molecule has 1 N–H and O–H groups in total. The Balaban J connectivity index is 1.34. The normalized spacial score (nSPS) is 10.9. The number of nitrogens with zero attached hydrogens (tertiary/aromatic N) is 4. The molecule has 0 spiro atoms. The van der Waals surface area contributed by atoms with E-state index in [0.29, 0.717) is 36.4 Å². The van der Waals surface area contributed by atoms with Crippen molar-refractivity contribution in [1.29, 1.82) is 0 Å². The first kappa shape index (κ1) is 21.3. The highest BCUT2D eigenvalue weighted by molar-refractivity contribution is 5.77. The zero-order chi connectivity index (χ0) is 22.5. The van der Waals surface area contributed by atoms with Gasteiger partial charge < -0.3 is 10.1 Å². The molecule has 4 aromatic rings. The van der Waals surface area contributed by atoms with Gasteiger partial charge in [0.1, 0.15) is 17.5 Å². The lowest BCUT2D eigenvalue weighted by molar-refractivity contribution is -0.123. The molecule has 0 fully saturated rings. The Morgan fingerprint density at radius 3 is 2.69 bits per heavy atom. The maximum Gasteiger partial charge on any atom is 0.264 e. The van der Waals surface area contributed by atoms with E-state index in [0.717, 1.165) is 11.1 Å². The summed E-state index contributed by atoms with van der Waals surface area (Å²) in [6.45, 7) is 5.12. The molecule has 8 heteroatoms. The minimum absolute atomic E-state index is 0.0642. The van der Waals surface area contributed by atoms with Gasteiger partial charge >= 0.3 is 0 Å². The summed E-state index contributed by atoms with van der Waals surface area (Å²) in [7, 11) is 0. The van der Waals surface area contributed by atoms with E-state index in [-0.39, 0.29) is 18.1 Å². The molecule has 0 saturated heterocycles. The van der Waals surface area contributed by atoms with Crippen molar-refractivity contribution in [3.8, 4) is 5.75 Å². The molecule has 0 atom stereocenters. The van der Waals surface area contributed by atoms with Gasteiger partial charge in [0.15, 0.2) is 12.3 Å². The van der Waals surface area contributed by atoms with Crippen LogP contribution in [-0.2, 0) is 17.9 Å². The van der Waals surface area contributed by atoms with Crippen LogP contribution < -0.4 is 15.6 Å². The van der Waals surface area contributed by atoms with E-state index in [1.54, 1.807) is 9.25 Å². The van der Waals surface area contributed by atoms with Gasteiger partial charge in [0.25, 0.3) is 11.5 Å². The Bertz CT molecular complexity index is 1290. The van der Waals surface area contributed by atoms with Crippen molar-refractivity contribution in [2.75, 3.05) is 13.2 Å². The second-order valence-corrected chi connectivity index (χ2v) is 7.72. The fraction of sp³-hybridized carbons (Fsp3) is 0.250. The zero-order valence-corrected chi connectivity index (χ0v) is 18.1. The van der Waals surface area contributed by atoms with Gasteiger partial charge in [0.05, 0.1) is 19.3 Å². The van der Waals surface area contributed by atoms with Crippen molar-refractivity contribution in [2.45, 2.75) is 26.9 Å². The molecule has 2 heterocycles. The first-order valence-electron chi connectivity index (χ1n) is 10.4. The van der Waals surface area contributed by atoms with Crippen molar-refractivity contribution in [3.63, 3.8) is 0 Å². The fourth-order valence-electron chi connectivity index (χ4n) is 3.37. The van der Waals surface area contributed by atoms with E-state index in [2.05, 4.69) is 15.4 Å². The molecule has 8 nitrogen and oxygen atoms in total. The Morgan fingerprint density at radius 1 is 1.09 bits per heavy atom. The summed E-state index contributed by atoms with van der Waals surface area (Å²) < 4.78 is 8.69. The summed E-state index contributed by atoms with van der Waals surface area (Å²) in [6, 6.07) is 15.6. The molecule has 0 aliphatic rings. The number of hydrogen-bond donors (Lipinski definition) is 1. The molecule has 4 rings (SSSR count). The lowest BCUT2D eigenvalue weighted by Crippen LogP contribution is -2.31. The number of amides is 1. The fourth-order valence-corrected chi connectivity index (χ4v) is 3.37. The van der Waals surface area contributed by atoms with Gasteiger partial charge in [-0.05, 0) is 37.1 Å². The van der Waals surface area contributed by atoms with Gasteiger partial charge in [-0.15, -0.1) is 0 Å². The highest BCUT2D eigenvalue weighted by Crippen LogP contribution is 2.12. The Morgan fingerprint density at radius 2 is 1.91 bits per heavy atom. The largest absolute Gasteiger partial charge is 0.484 e. The third-order valence-corrected chi connectivity index (χ3v) is 5.10. The third-order valence-electron chi connectivity index (χ3n) is 5.10.